The van der Waals surface area contributed by atoms with E-state index in [-0.39, 0.29) is 29.8 Å². The van der Waals surface area contributed by atoms with E-state index >= 15 is 0 Å². The number of carbonyl (C=O) groups is 4. The zero-order valence-corrected chi connectivity index (χ0v) is 16.8. The van der Waals surface area contributed by atoms with E-state index in [4.69, 9.17) is 16.0 Å². The summed E-state index contributed by atoms with van der Waals surface area (Å²) in [4.78, 5) is 50.7. The van der Waals surface area contributed by atoms with Gasteiger partial charge in [0.2, 0.25) is 5.91 Å². The summed E-state index contributed by atoms with van der Waals surface area (Å²) in [6.07, 6.45) is 1.46. The lowest BCUT2D eigenvalue weighted by Gasteiger charge is -2.11. The normalized spacial score (nSPS) is 12.6. The van der Waals surface area contributed by atoms with Gasteiger partial charge in [-0.25, -0.2) is 0 Å². The third kappa shape index (κ3) is 4.34. The van der Waals surface area contributed by atoms with Crippen LogP contribution in [0.4, 0.5) is 5.69 Å². The number of carbonyl (C=O) groups excluding carboxylic acids is 4. The van der Waals surface area contributed by atoms with E-state index in [1.165, 1.54) is 24.5 Å². The first-order chi connectivity index (χ1) is 14.9. The number of hydrogen-bond donors (Lipinski definition) is 2. The van der Waals surface area contributed by atoms with Crippen molar-refractivity contribution in [3.05, 3.63) is 88.3 Å². The van der Waals surface area contributed by atoms with Crippen molar-refractivity contribution in [3.8, 4) is 0 Å². The van der Waals surface area contributed by atoms with Gasteiger partial charge in [0.1, 0.15) is 5.76 Å². The van der Waals surface area contributed by atoms with Crippen LogP contribution in [0, 0.1) is 0 Å². The molecule has 2 aromatic carbocycles. The zero-order chi connectivity index (χ0) is 22.0. The van der Waals surface area contributed by atoms with E-state index in [2.05, 4.69) is 10.6 Å². The third-order valence-corrected chi connectivity index (χ3v) is 4.92. The van der Waals surface area contributed by atoms with Gasteiger partial charge in [0.05, 0.1) is 30.5 Å². The number of nitrogens with one attached hydrogen (secondary N) is 2. The lowest BCUT2D eigenvalue weighted by atomic mass is 10.1. The minimum absolute atomic E-state index is 0.00570. The molecule has 4 rings (SSSR count). The van der Waals surface area contributed by atoms with E-state index in [0.717, 1.165) is 4.90 Å². The van der Waals surface area contributed by atoms with Crippen molar-refractivity contribution in [3.63, 3.8) is 0 Å². The molecule has 1 aromatic heterocycles. The largest absolute Gasteiger partial charge is 0.467 e. The summed E-state index contributed by atoms with van der Waals surface area (Å²) in [5.41, 5.74) is 1.06. The second kappa shape index (κ2) is 8.45. The van der Waals surface area contributed by atoms with Gasteiger partial charge >= 0.3 is 0 Å². The number of hydrogen-bond acceptors (Lipinski definition) is 5. The van der Waals surface area contributed by atoms with Crippen molar-refractivity contribution in [2.45, 2.75) is 6.54 Å². The second-order valence-electron chi connectivity index (χ2n) is 6.77. The average Bonchev–Trinajstić information content (AvgIpc) is 3.36. The van der Waals surface area contributed by atoms with Gasteiger partial charge in [-0.1, -0.05) is 11.6 Å². The maximum atomic E-state index is 12.7. The van der Waals surface area contributed by atoms with Gasteiger partial charge in [0, 0.05) is 16.3 Å². The molecule has 0 unspecified atom stereocenters. The zero-order valence-electron chi connectivity index (χ0n) is 16.1. The first kappa shape index (κ1) is 20.4. The number of amides is 4. The maximum Gasteiger partial charge on any atom is 0.261 e. The van der Waals surface area contributed by atoms with Crippen LogP contribution in [0.25, 0.3) is 0 Å². The fourth-order valence-corrected chi connectivity index (χ4v) is 3.26. The average molecular weight is 438 g/mol. The minimum Gasteiger partial charge on any atom is -0.467 e. The fraction of sp³-hybridized carbons (Fsp3) is 0.0909. The molecule has 8 nitrogen and oxygen atoms in total. The lowest BCUT2D eigenvalue weighted by molar-refractivity contribution is -0.115. The Morgan fingerprint density at radius 1 is 0.968 bits per heavy atom. The standard InChI is InChI=1S/C22H16ClN3O5/c23-14-4-6-15(7-5-14)25-19(27)11-24-20(28)13-3-8-17-18(10-13)22(30)26(21(17)29)12-16-2-1-9-31-16/h1-10H,11-12H2,(H,24,28)(H,25,27). The Hall–Kier alpha value is -3.91. The Kier molecular flexibility index (Phi) is 5.55. The molecule has 156 valence electrons. The van der Waals surface area contributed by atoms with Crippen molar-refractivity contribution in [1.29, 1.82) is 0 Å². The predicted molar refractivity (Wildman–Crippen MR) is 112 cm³/mol. The topological polar surface area (TPSA) is 109 Å². The maximum absolute atomic E-state index is 12.7. The van der Waals surface area contributed by atoms with Crippen LogP contribution >= 0.6 is 11.6 Å². The fourth-order valence-electron chi connectivity index (χ4n) is 3.13. The van der Waals surface area contributed by atoms with Gasteiger partial charge in [-0.15, -0.1) is 0 Å². The van der Waals surface area contributed by atoms with E-state index in [1.54, 1.807) is 36.4 Å². The SMILES string of the molecule is O=C(CNC(=O)c1ccc2c(c1)C(=O)N(Cc1ccco1)C2=O)Nc1ccc(Cl)cc1. The first-order valence-electron chi connectivity index (χ1n) is 9.28. The second-order valence-corrected chi connectivity index (χ2v) is 7.21. The smallest absolute Gasteiger partial charge is 0.261 e. The van der Waals surface area contributed by atoms with Crippen LogP contribution in [-0.4, -0.2) is 35.1 Å². The van der Waals surface area contributed by atoms with Gasteiger partial charge in [0.25, 0.3) is 17.7 Å². The van der Waals surface area contributed by atoms with Gasteiger partial charge in [-0.05, 0) is 54.6 Å². The summed E-state index contributed by atoms with van der Waals surface area (Å²) in [5, 5.41) is 5.66. The highest BCUT2D eigenvalue weighted by atomic mass is 35.5. The quantitative estimate of drug-likeness (QED) is 0.576. The molecule has 0 bridgehead atoms. The van der Waals surface area contributed by atoms with Crippen molar-refractivity contribution < 1.29 is 23.6 Å². The molecular formula is C22H16ClN3O5. The highest BCUT2D eigenvalue weighted by Crippen LogP contribution is 2.25. The molecule has 0 atom stereocenters. The minimum atomic E-state index is -0.543. The van der Waals surface area contributed by atoms with Crippen LogP contribution in [-0.2, 0) is 11.3 Å². The summed E-state index contributed by atoms with van der Waals surface area (Å²) < 4.78 is 5.20. The van der Waals surface area contributed by atoms with Crippen molar-refractivity contribution in [2.75, 3.05) is 11.9 Å². The molecule has 1 aliphatic heterocycles. The summed E-state index contributed by atoms with van der Waals surface area (Å²) in [6.45, 7) is -0.262. The molecule has 0 spiro atoms. The van der Waals surface area contributed by atoms with Crippen LogP contribution in [0.15, 0.2) is 65.3 Å². The molecule has 1 aliphatic rings. The highest BCUT2D eigenvalue weighted by molar-refractivity contribution is 6.30. The molecule has 3 aromatic rings. The number of nitrogens with zero attached hydrogens (tertiary/aromatic N) is 1. The summed E-state index contributed by atoms with van der Waals surface area (Å²) in [6, 6.07) is 14.1. The molecule has 0 fully saturated rings. The molecule has 9 heteroatoms. The number of imide groups is 1. The number of furan rings is 1. The molecule has 2 heterocycles. The van der Waals surface area contributed by atoms with Crippen LogP contribution in [0.5, 0.6) is 0 Å². The van der Waals surface area contributed by atoms with Crippen molar-refractivity contribution in [2.24, 2.45) is 0 Å². The van der Waals surface area contributed by atoms with Crippen molar-refractivity contribution in [1.82, 2.24) is 10.2 Å². The number of fused-ring (bicyclic) bond motifs is 1. The van der Waals surface area contributed by atoms with Crippen molar-refractivity contribution >= 4 is 40.9 Å². The Labute approximate surface area is 181 Å². The summed E-state index contributed by atoms with van der Waals surface area (Å²) >= 11 is 5.80. The van der Waals surface area contributed by atoms with E-state index in [9.17, 15) is 19.2 Å². The van der Waals surface area contributed by atoms with Crippen LogP contribution < -0.4 is 10.6 Å². The Morgan fingerprint density at radius 2 is 1.71 bits per heavy atom. The molecule has 0 saturated heterocycles. The molecule has 2 N–H and O–H groups in total. The Bertz CT molecular complexity index is 1170. The summed E-state index contributed by atoms with van der Waals surface area (Å²) in [7, 11) is 0. The van der Waals surface area contributed by atoms with Gasteiger partial charge in [0.15, 0.2) is 0 Å². The molecule has 0 radical (unpaired) electrons. The van der Waals surface area contributed by atoms with Crippen LogP contribution in [0.2, 0.25) is 5.02 Å². The number of rotatable bonds is 6. The first-order valence-corrected chi connectivity index (χ1v) is 9.66. The van der Waals surface area contributed by atoms with E-state index in [1.807, 2.05) is 0 Å². The predicted octanol–water partition coefficient (Wildman–Crippen LogP) is 3.10. The van der Waals surface area contributed by atoms with E-state index < -0.39 is 23.6 Å². The Balaban J connectivity index is 1.40. The number of anilines is 1. The highest BCUT2D eigenvalue weighted by Gasteiger charge is 2.36. The van der Waals surface area contributed by atoms with Crippen LogP contribution in [0.1, 0.15) is 36.8 Å². The molecule has 0 saturated carbocycles. The third-order valence-electron chi connectivity index (χ3n) is 4.66. The number of benzene rings is 2. The summed E-state index contributed by atoms with van der Waals surface area (Å²) in [5.74, 6) is -1.46. The molecular weight excluding hydrogens is 422 g/mol. The van der Waals surface area contributed by atoms with Gasteiger partial charge < -0.3 is 15.1 Å². The lowest BCUT2D eigenvalue weighted by Crippen LogP contribution is -2.33. The van der Waals surface area contributed by atoms with Crippen LogP contribution in [0.3, 0.4) is 0 Å². The van der Waals surface area contributed by atoms with E-state index in [0.29, 0.717) is 16.5 Å². The monoisotopic (exact) mass is 437 g/mol. The molecule has 4 amide bonds. The van der Waals surface area contributed by atoms with Gasteiger partial charge in [-0.2, -0.15) is 0 Å². The van der Waals surface area contributed by atoms with Gasteiger partial charge in [-0.3, -0.25) is 24.1 Å². The molecule has 31 heavy (non-hydrogen) atoms. The Morgan fingerprint density at radius 3 is 2.42 bits per heavy atom. The number of halogens is 1. The molecule has 0 aliphatic carbocycles.